The summed E-state index contributed by atoms with van der Waals surface area (Å²) in [6, 6.07) is 0. The molecule has 0 radical (unpaired) electrons. The van der Waals surface area contributed by atoms with E-state index in [4.69, 9.17) is 0 Å². The predicted octanol–water partition coefficient (Wildman–Crippen LogP) is -7.73. The van der Waals surface area contributed by atoms with E-state index in [1.807, 2.05) is 0 Å². The van der Waals surface area contributed by atoms with E-state index in [1.54, 1.807) is 0 Å². The van der Waals surface area contributed by atoms with Crippen LogP contribution in [0.2, 0.25) is 0 Å². The van der Waals surface area contributed by atoms with Gasteiger partial charge in [0.2, 0.25) is 0 Å². The minimum Gasteiger partial charge on any atom is -0.871 e. The molecule has 1 aliphatic rings. The van der Waals surface area contributed by atoms with Crippen molar-refractivity contribution in [2.45, 2.75) is 25.4 Å². The normalized spacial score (nSPS) is 16.2. The fourth-order valence-electron chi connectivity index (χ4n) is 0.664. The summed E-state index contributed by atoms with van der Waals surface area (Å²) in [5, 5.41) is 19.5. The largest absolute Gasteiger partial charge is 1.00 e. The van der Waals surface area contributed by atoms with Crippen LogP contribution in [0.1, 0.15) is 19.3 Å². The predicted molar refractivity (Wildman–Crippen MR) is 24.5 cm³/mol. The first-order chi connectivity index (χ1) is 3.79. The van der Waals surface area contributed by atoms with Gasteiger partial charge in [0, 0.05) is 6.10 Å². The van der Waals surface area contributed by atoms with Crippen LogP contribution in [0.15, 0.2) is 0 Å². The second-order valence-corrected chi connectivity index (χ2v) is 1.98. The average Bonchev–Trinajstić information content (AvgIpc) is 1.55. The molecule has 10 heavy (non-hydrogen) atoms. The van der Waals surface area contributed by atoms with Crippen LogP contribution in [0.4, 0.5) is 0 Å². The molecule has 0 aromatic heterocycles. The number of hydrogen-bond acceptors (Lipinski definition) is 3. The SMILES string of the molecule is [K+].[K+].[O-]B([O-])OC1CCC1. The Bertz CT molecular complexity index is 78.9. The Morgan fingerprint density at radius 2 is 1.70 bits per heavy atom. The van der Waals surface area contributed by atoms with Crippen molar-refractivity contribution >= 4 is 7.32 Å². The fraction of sp³-hybridized carbons (Fsp3) is 1.00. The quantitative estimate of drug-likeness (QED) is 0.408. The molecule has 0 N–H and O–H groups in total. The minimum atomic E-state index is -2.07. The van der Waals surface area contributed by atoms with Gasteiger partial charge in [-0.25, -0.2) is 0 Å². The van der Waals surface area contributed by atoms with E-state index in [0.29, 0.717) is 0 Å². The van der Waals surface area contributed by atoms with Crippen LogP contribution in [0.3, 0.4) is 0 Å². The summed E-state index contributed by atoms with van der Waals surface area (Å²) < 4.78 is 4.38. The second kappa shape index (κ2) is 8.80. The van der Waals surface area contributed by atoms with E-state index in [2.05, 4.69) is 4.65 Å². The van der Waals surface area contributed by atoms with Gasteiger partial charge in [0.05, 0.1) is 7.32 Å². The Labute approximate surface area is 146 Å². The molecule has 0 unspecified atom stereocenters. The van der Waals surface area contributed by atoms with Crippen molar-refractivity contribution in [1.82, 2.24) is 0 Å². The Morgan fingerprint density at radius 1 is 1.20 bits per heavy atom. The average molecular weight is 192 g/mol. The number of hydrogen-bond donors (Lipinski definition) is 0. The van der Waals surface area contributed by atoms with Crippen LogP contribution in [0, 0.1) is 0 Å². The molecule has 46 valence electrons. The molecular formula is C4H7BK2O3. The summed E-state index contributed by atoms with van der Waals surface area (Å²) in [6.07, 6.45) is 2.86. The van der Waals surface area contributed by atoms with E-state index in [0.717, 1.165) is 19.3 Å². The van der Waals surface area contributed by atoms with Crippen LogP contribution in [0.5, 0.6) is 0 Å². The van der Waals surface area contributed by atoms with Crippen LogP contribution >= 0.6 is 0 Å². The molecule has 3 nitrogen and oxygen atoms in total. The van der Waals surface area contributed by atoms with Crippen molar-refractivity contribution in [2.24, 2.45) is 0 Å². The molecule has 0 saturated heterocycles. The van der Waals surface area contributed by atoms with Crippen molar-refractivity contribution in [3.8, 4) is 0 Å². The molecule has 0 atom stereocenters. The molecule has 0 amide bonds. The Morgan fingerprint density at radius 3 is 1.80 bits per heavy atom. The molecular weight excluding hydrogens is 185 g/mol. The van der Waals surface area contributed by atoms with Crippen molar-refractivity contribution in [3.05, 3.63) is 0 Å². The van der Waals surface area contributed by atoms with Crippen molar-refractivity contribution < 1.29 is 117 Å². The van der Waals surface area contributed by atoms with Gasteiger partial charge in [0.25, 0.3) is 0 Å². The van der Waals surface area contributed by atoms with E-state index < -0.39 is 7.32 Å². The smallest absolute Gasteiger partial charge is 0.871 e. The van der Waals surface area contributed by atoms with Gasteiger partial charge < -0.3 is 14.7 Å². The molecule has 0 aliphatic heterocycles. The molecule has 6 heteroatoms. The van der Waals surface area contributed by atoms with E-state index >= 15 is 0 Å². The van der Waals surface area contributed by atoms with Gasteiger partial charge in [-0.3, -0.25) is 0 Å². The first-order valence-corrected chi connectivity index (χ1v) is 2.76. The molecule has 0 aromatic rings. The van der Waals surface area contributed by atoms with Gasteiger partial charge in [0.15, 0.2) is 0 Å². The molecule has 1 saturated carbocycles. The molecule has 1 rings (SSSR count). The topological polar surface area (TPSA) is 55.3 Å². The molecule has 1 aliphatic carbocycles. The van der Waals surface area contributed by atoms with Gasteiger partial charge in [-0.15, -0.1) is 0 Å². The first kappa shape index (κ1) is 15.7. The maximum atomic E-state index is 9.75. The monoisotopic (exact) mass is 192 g/mol. The van der Waals surface area contributed by atoms with Crippen molar-refractivity contribution in [3.63, 3.8) is 0 Å². The van der Waals surface area contributed by atoms with Crippen LogP contribution in [-0.4, -0.2) is 13.4 Å². The Hall–Kier alpha value is 3.22. The van der Waals surface area contributed by atoms with Crippen molar-refractivity contribution in [1.29, 1.82) is 0 Å². The zero-order valence-electron chi connectivity index (χ0n) is 6.50. The molecule has 0 aromatic carbocycles. The Balaban J connectivity index is 0. The van der Waals surface area contributed by atoms with Gasteiger partial charge in [-0.1, -0.05) is 0 Å². The summed E-state index contributed by atoms with van der Waals surface area (Å²) in [5.74, 6) is 0. The fourth-order valence-corrected chi connectivity index (χ4v) is 0.664. The standard InChI is InChI=1S/C4H7BO3.2K/c6-5(7)8-4-2-1-3-4;;/h4H,1-3H2;;/q-2;2*+1. The van der Waals surface area contributed by atoms with Crippen molar-refractivity contribution in [2.75, 3.05) is 0 Å². The first-order valence-electron chi connectivity index (χ1n) is 2.76. The second-order valence-electron chi connectivity index (χ2n) is 1.98. The minimum absolute atomic E-state index is 0. The third-order valence-electron chi connectivity index (χ3n) is 1.36. The molecule has 1 fully saturated rings. The van der Waals surface area contributed by atoms with Gasteiger partial charge in [0.1, 0.15) is 0 Å². The molecule has 0 spiro atoms. The number of rotatable bonds is 2. The zero-order chi connectivity index (χ0) is 5.98. The van der Waals surface area contributed by atoms with E-state index in [1.165, 1.54) is 0 Å². The maximum absolute atomic E-state index is 9.75. The van der Waals surface area contributed by atoms with E-state index in [9.17, 15) is 10.0 Å². The third kappa shape index (κ3) is 6.70. The van der Waals surface area contributed by atoms with Crippen LogP contribution < -0.4 is 113 Å². The summed E-state index contributed by atoms with van der Waals surface area (Å²) in [6.45, 7) is 0. The zero-order valence-corrected chi connectivity index (χ0v) is 12.7. The van der Waals surface area contributed by atoms with E-state index in [-0.39, 0.29) is 109 Å². The van der Waals surface area contributed by atoms with Gasteiger partial charge in [-0.05, 0) is 19.3 Å². The van der Waals surface area contributed by atoms with Gasteiger partial charge >= 0.3 is 103 Å². The third-order valence-corrected chi connectivity index (χ3v) is 1.36. The maximum Gasteiger partial charge on any atom is 1.00 e. The molecule has 0 heterocycles. The van der Waals surface area contributed by atoms with Crippen LogP contribution in [0.25, 0.3) is 0 Å². The summed E-state index contributed by atoms with van der Waals surface area (Å²) in [4.78, 5) is 0. The summed E-state index contributed by atoms with van der Waals surface area (Å²) >= 11 is 0. The Kier molecular flexibility index (Phi) is 13.8. The summed E-state index contributed by atoms with van der Waals surface area (Å²) in [5.41, 5.74) is 0. The molecule has 0 bridgehead atoms. The summed E-state index contributed by atoms with van der Waals surface area (Å²) in [7, 11) is -2.07. The van der Waals surface area contributed by atoms with Gasteiger partial charge in [-0.2, -0.15) is 0 Å². The van der Waals surface area contributed by atoms with Crippen LogP contribution in [-0.2, 0) is 4.65 Å².